The molecule has 0 aromatic heterocycles. The summed E-state index contributed by atoms with van der Waals surface area (Å²) in [5.41, 5.74) is 0. The first-order valence-corrected chi connectivity index (χ1v) is 8.56. The molecule has 0 unspecified atom stereocenters. The molecule has 1 amide bonds. The number of ether oxygens (including phenoxy) is 3. The lowest BCUT2D eigenvalue weighted by molar-refractivity contribution is -0.128. The summed E-state index contributed by atoms with van der Waals surface area (Å²) in [5.74, 6) is 0.225. The highest BCUT2D eigenvalue weighted by molar-refractivity contribution is 6.30. The maximum absolute atomic E-state index is 13.1. The van der Waals surface area contributed by atoms with Gasteiger partial charge in [-0.1, -0.05) is 11.6 Å². The topological polar surface area (TPSA) is 56.8 Å². The van der Waals surface area contributed by atoms with E-state index < -0.39 is 5.82 Å². The molecular weight excluding hydrogens is 337 g/mol. The fourth-order valence-electron chi connectivity index (χ4n) is 2.56. The molecule has 0 bridgehead atoms. The molecule has 1 aromatic carbocycles. The highest BCUT2D eigenvalue weighted by Crippen LogP contribution is 2.30. The van der Waals surface area contributed by atoms with Crippen LogP contribution in [0.15, 0.2) is 18.2 Å². The van der Waals surface area contributed by atoms with Crippen molar-refractivity contribution in [3.63, 3.8) is 0 Å². The molecule has 0 radical (unpaired) electrons. The number of amides is 1. The first-order chi connectivity index (χ1) is 11.6. The molecule has 1 saturated carbocycles. The second-order valence-corrected chi connectivity index (χ2v) is 6.62. The Morgan fingerprint density at radius 3 is 2.96 bits per heavy atom. The SMILES string of the molecule is O=C(COc1ccc(F)c(Cl)c1)N[C@@H]1COCC[C@@H]1OCC1CC1. The molecule has 24 heavy (non-hydrogen) atoms. The van der Waals surface area contributed by atoms with Gasteiger partial charge in [0.2, 0.25) is 0 Å². The first-order valence-electron chi connectivity index (χ1n) is 8.18. The van der Waals surface area contributed by atoms with E-state index in [4.69, 9.17) is 25.8 Å². The second kappa shape index (κ2) is 8.14. The smallest absolute Gasteiger partial charge is 0.258 e. The molecule has 1 aliphatic heterocycles. The fourth-order valence-corrected chi connectivity index (χ4v) is 2.73. The number of hydrogen-bond donors (Lipinski definition) is 1. The van der Waals surface area contributed by atoms with E-state index in [0.29, 0.717) is 24.9 Å². The molecule has 1 aliphatic carbocycles. The van der Waals surface area contributed by atoms with Crippen molar-refractivity contribution in [1.82, 2.24) is 5.32 Å². The van der Waals surface area contributed by atoms with Crippen LogP contribution in [0.5, 0.6) is 5.75 Å². The van der Waals surface area contributed by atoms with Crippen LogP contribution in [0.3, 0.4) is 0 Å². The number of hydrogen-bond acceptors (Lipinski definition) is 4. The van der Waals surface area contributed by atoms with Gasteiger partial charge in [0.1, 0.15) is 11.6 Å². The second-order valence-electron chi connectivity index (χ2n) is 6.22. The molecule has 5 nitrogen and oxygen atoms in total. The molecular formula is C17H21ClFNO4. The van der Waals surface area contributed by atoms with Gasteiger partial charge in [0.15, 0.2) is 6.61 Å². The summed E-state index contributed by atoms with van der Waals surface area (Å²) in [7, 11) is 0. The van der Waals surface area contributed by atoms with E-state index in [1.54, 1.807) is 0 Å². The Hall–Kier alpha value is -1.37. The third-order valence-electron chi connectivity index (χ3n) is 4.14. The molecule has 2 fully saturated rings. The minimum atomic E-state index is -0.525. The Labute approximate surface area is 145 Å². The summed E-state index contributed by atoms with van der Waals surface area (Å²) in [5, 5.41) is 2.85. The number of carbonyl (C=O) groups is 1. The molecule has 7 heteroatoms. The molecule has 1 saturated heterocycles. The first kappa shape index (κ1) is 17.5. The third kappa shape index (κ3) is 5.06. The van der Waals surface area contributed by atoms with Crippen molar-refractivity contribution in [3.05, 3.63) is 29.0 Å². The van der Waals surface area contributed by atoms with Crippen LogP contribution < -0.4 is 10.1 Å². The third-order valence-corrected chi connectivity index (χ3v) is 4.43. The van der Waals surface area contributed by atoms with Gasteiger partial charge in [-0.15, -0.1) is 0 Å². The molecule has 132 valence electrons. The summed E-state index contributed by atoms with van der Waals surface area (Å²) < 4.78 is 29.8. The number of halogens is 2. The summed E-state index contributed by atoms with van der Waals surface area (Å²) in [4.78, 5) is 12.1. The molecule has 2 atom stereocenters. The van der Waals surface area contributed by atoms with Crippen molar-refractivity contribution in [2.75, 3.05) is 26.4 Å². The largest absolute Gasteiger partial charge is 0.484 e. The zero-order valence-electron chi connectivity index (χ0n) is 13.3. The van der Waals surface area contributed by atoms with Gasteiger partial charge in [0, 0.05) is 19.3 Å². The number of carbonyl (C=O) groups excluding carboxylic acids is 1. The van der Waals surface area contributed by atoms with Gasteiger partial charge < -0.3 is 19.5 Å². The van der Waals surface area contributed by atoms with Gasteiger partial charge in [0.05, 0.1) is 23.8 Å². The van der Waals surface area contributed by atoms with Crippen molar-refractivity contribution in [3.8, 4) is 5.75 Å². The van der Waals surface area contributed by atoms with Crippen LogP contribution >= 0.6 is 11.6 Å². The maximum atomic E-state index is 13.1. The van der Waals surface area contributed by atoms with Gasteiger partial charge in [-0.2, -0.15) is 0 Å². The quantitative estimate of drug-likeness (QED) is 0.814. The van der Waals surface area contributed by atoms with Crippen molar-refractivity contribution < 1.29 is 23.4 Å². The van der Waals surface area contributed by atoms with E-state index in [1.165, 1.54) is 31.0 Å². The van der Waals surface area contributed by atoms with Gasteiger partial charge in [-0.3, -0.25) is 4.79 Å². The standard InChI is InChI=1S/C17H21ClFNO4/c18-13-7-12(3-4-14(13)19)23-10-17(21)20-15-9-22-6-5-16(15)24-8-11-1-2-11/h3-4,7,11,15-16H,1-2,5-6,8-10H2,(H,20,21)/t15-,16+/m1/s1. The van der Waals surface area contributed by atoms with Crippen LogP contribution in [0.2, 0.25) is 5.02 Å². The lowest BCUT2D eigenvalue weighted by atomic mass is 10.1. The zero-order valence-corrected chi connectivity index (χ0v) is 14.1. The highest BCUT2D eigenvalue weighted by Gasteiger charge is 2.30. The van der Waals surface area contributed by atoms with Gasteiger partial charge in [-0.05, 0) is 37.3 Å². The van der Waals surface area contributed by atoms with Crippen molar-refractivity contribution in [2.45, 2.75) is 31.4 Å². The average molecular weight is 358 g/mol. The van der Waals surface area contributed by atoms with E-state index >= 15 is 0 Å². The van der Waals surface area contributed by atoms with Crippen molar-refractivity contribution in [2.24, 2.45) is 5.92 Å². The lowest BCUT2D eigenvalue weighted by Crippen LogP contribution is -2.51. The normalized spacial score (nSPS) is 23.8. The van der Waals surface area contributed by atoms with E-state index in [-0.39, 0.29) is 29.7 Å². The van der Waals surface area contributed by atoms with Crippen molar-refractivity contribution in [1.29, 1.82) is 0 Å². The maximum Gasteiger partial charge on any atom is 0.258 e. The monoisotopic (exact) mass is 357 g/mol. The predicted molar refractivity (Wildman–Crippen MR) is 86.7 cm³/mol. The molecule has 1 aromatic rings. The van der Waals surface area contributed by atoms with E-state index in [0.717, 1.165) is 13.0 Å². The minimum absolute atomic E-state index is 0.0245. The summed E-state index contributed by atoms with van der Waals surface area (Å²) in [6.45, 7) is 1.66. The number of rotatable bonds is 7. The Morgan fingerprint density at radius 1 is 1.38 bits per heavy atom. The van der Waals surface area contributed by atoms with Gasteiger partial charge >= 0.3 is 0 Å². The van der Waals surface area contributed by atoms with Crippen LogP contribution in [-0.4, -0.2) is 44.5 Å². The Balaban J connectivity index is 1.45. The van der Waals surface area contributed by atoms with Gasteiger partial charge in [-0.25, -0.2) is 4.39 Å². The molecule has 2 aliphatic rings. The van der Waals surface area contributed by atoms with E-state index in [2.05, 4.69) is 5.32 Å². The molecule has 1 heterocycles. The van der Waals surface area contributed by atoms with Crippen LogP contribution in [0.4, 0.5) is 4.39 Å². The van der Waals surface area contributed by atoms with Crippen LogP contribution in [0.1, 0.15) is 19.3 Å². The Bertz CT molecular complexity index is 582. The number of benzene rings is 1. The molecule has 3 rings (SSSR count). The van der Waals surface area contributed by atoms with E-state index in [1.807, 2.05) is 0 Å². The minimum Gasteiger partial charge on any atom is -0.484 e. The Morgan fingerprint density at radius 2 is 2.21 bits per heavy atom. The van der Waals surface area contributed by atoms with Crippen molar-refractivity contribution >= 4 is 17.5 Å². The highest BCUT2D eigenvalue weighted by atomic mass is 35.5. The number of nitrogens with one attached hydrogen (secondary N) is 1. The summed E-state index contributed by atoms with van der Waals surface area (Å²) in [6, 6.07) is 3.80. The van der Waals surface area contributed by atoms with Gasteiger partial charge in [0.25, 0.3) is 5.91 Å². The van der Waals surface area contributed by atoms with Crippen LogP contribution in [-0.2, 0) is 14.3 Å². The summed E-state index contributed by atoms with van der Waals surface area (Å²) in [6.07, 6.45) is 3.21. The molecule has 0 spiro atoms. The average Bonchev–Trinajstić information content (AvgIpc) is 3.39. The van der Waals surface area contributed by atoms with Crippen LogP contribution in [0.25, 0.3) is 0 Å². The molecule has 1 N–H and O–H groups in total. The zero-order chi connectivity index (χ0) is 16.9. The lowest BCUT2D eigenvalue weighted by Gasteiger charge is -2.32. The predicted octanol–water partition coefficient (Wildman–Crippen LogP) is 2.56. The van der Waals surface area contributed by atoms with Crippen LogP contribution in [0, 0.1) is 11.7 Å². The van der Waals surface area contributed by atoms with E-state index in [9.17, 15) is 9.18 Å². The fraction of sp³-hybridized carbons (Fsp3) is 0.588. The summed E-state index contributed by atoms with van der Waals surface area (Å²) >= 11 is 5.68. The Kier molecular flexibility index (Phi) is 5.92.